The van der Waals surface area contributed by atoms with Crippen LogP contribution in [0.15, 0.2) is 24.3 Å². The van der Waals surface area contributed by atoms with E-state index in [4.69, 9.17) is 0 Å². The van der Waals surface area contributed by atoms with Crippen molar-refractivity contribution in [2.75, 3.05) is 7.11 Å². The van der Waals surface area contributed by atoms with Gasteiger partial charge >= 0.3 is 5.97 Å². The molecule has 1 unspecified atom stereocenters. The SMILES string of the molecule is COC(=O)CC(C)N[C@H](C)c1ccccc1F. The lowest BCUT2D eigenvalue weighted by Gasteiger charge is -2.19. The van der Waals surface area contributed by atoms with Gasteiger partial charge in [0.05, 0.1) is 13.5 Å². The molecule has 0 amide bonds. The first-order valence-electron chi connectivity index (χ1n) is 5.62. The number of ether oxygens (including phenoxy) is 1. The Hall–Kier alpha value is -1.42. The third-order valence-electron chi connectivity index (χ3n) is 2.61. The maximum Gasteiger partial charge on any atom is 0.307 e. The maximum atomic E-state index is 13.5. The Morgan fingerprint density at radius 1 is 1.41 bits per heavy atom. The summed E-state index contributed by atoms with van der Waals surface area (Å²) >= 11 is 0. The molecular formula is C13H18FNO2. The number of hydrogen-bond donors (Lipinski definition) is 1. The van der Waals surface area contributed by atoms with Crippen molar-refractivity contribution >= 4 is 5.97 Å². The van der Waals surface area contributed by atoms with E-state index in [1.807, 2.05) is 13.8 Å². The number of benzene rings is 1. The van der Waals surface area contributed by atoms with Gasteiger partial charge in [-0.15, -0.1) is 0 Å². The largest absolute Gasteiger partial charge is 0.469 e. The molecular weight excluding hydrogens is 221 g/mol. The first-order chi connectivity index (χ1) is 8.04. The summed E-state index contributed by atoms with van der Waals surface area (Å²) in [7, 11) is 1.36. The van der Waals surface area contributed by atoms with Crippen molar-refractivity contribution in [2.45, 2.75) is 32.4 Å². The fourth-order valence-electron chi connectivity index (χ4n) is 1.74. The minimum absolute atomic E-state index is 0.0583. The topological polar surface area (TPSA) is 38.3 Å². The van der Waals surface area contributed by atoms with Crippen molar-refractivity contribution in [1.82, 2.24) is 5.32 Å². The highest BCUT2D eigenvalue weighted by molar-refractivity contribution is 5.69. The fourth-order valence-corrected chi connectivity index (χ4v) is 1.74. The van der Waals surface area contributed by atoms with E-state index in [2.05, 4.69) is 10.1 Å². The van der Waals surface area contributed by atoms with Crippen LogP contribution in [-0.2, 0) is 9.53 Å². The van der Waals surface area contributed by atoms with Gasteiger partial charge in [0.15, 0.2) is 0 Å². The van der Waals surface area contributed by atoms with Gasteiger partial charge in [-0.3, -0.25) is 4.79 Å². The Balaban J connectivity index is 2.57. The molecule has 4 heteroatoms. The molecule has 3 nitrogen and oxygen atoms in total. The van der Waals surface area contributed by atoms with Crippen LogP contribution in [0.1, 0.15) is 31.9 Å². The van der Waals surface area contributed by atoms with Gasteiger partial charge in [-0.05, 0) is 19.9 Å². The normalized spacial score (nSPS) is 14.1. The van der Waals surface area contributed by atoms with Crippen LogP contribution < -0.4 is 5.32 Å². The Labute approximate surface area is 101 Å². The van der Waals surface area contributed by atoms with Crippen molar-refractivity contribution in [3.8, 4) is 0 Å². The standard InChI is InChI=1S/C13H18FNO2/c1-9(8-13(16)17-3)15-10(2)11-6-4-5-7-12(11)14/h4-7,9-10,15H,8H2,1-3H3/t9?,10-/m1/s1. The first kappa shape index (κ1) is 13.6. The van der Waals surface area contributed by atoms with Gasteiger partial charge < -0.3 is 10.1 Å². The monoisotopic (exact) mass is 239 g/mol. The summed E-state index contributed by atoms with van der Waals surface area (Å²) < 4.78 is 18.1. The minimum atomic E-state index is -0.272. The van der Waals surface area contributed by atoms with E-state index in [0.717, 1.165) is 0 Å². The molecule has 0 aromatic heterocycles. The average Bonchev–Trinajstić information content (AvgIpc) is 2.29. The fraction of sp³-hybridized carbons (Fsp3) is 0.462. The zero-order valence-electron chi connectivity index (χ0n) is 10.4. The van der Waals surface area contributed by atoms with Crippen LogP contribution >= 0.6 is 0 Å². The van der Waals surface area contributed by atoms with Crippen LogP contribution in [-0.4, -0.2) is 19.1 Å². The molecule has 0 aliphatic heterocycles. The number of nitrogens with one attached hydrogen (secondary N) is 1. The molecule has 1 aromatic carbocycles. The van der Waals surface area contributed by atoms with E-state index in [1.165, 1.54) is 13.2 Å². The van der Waals surface area contributed by atoms with Crippen LogP contribution in [0.25, 0.3) is 0 Å². The summed E-state index contributed by atoms with van der Waals surface area (Å²) in [5, 5.41) is 3.16. The molecule has 0 bridgehead atoms. The highest BCUT2D eigenvalue weighted by Gasteiger charge is 2.15. The molecule has 1 rings (SSSR count). The molecule has 0 aliphatic rings. The molecule has 2 atom stereocenters. The molecule has 1 aromatic rings. The number of methoxy groups -OCH3 is 1. The highest BCUT2D eigenvalue weighted by Crippen LogP contribution is 2.17. The van der Waals surface area contributed by atoms with Crippen molar-refractivity contribution in [2.24, 2.45) is 0 Å². The zero-order chi connectivity index (χ0) is 12.8. The summed E-state index contributed by atoms with van der Waals surface area (Å²) in [6, 6.07) is 6.41. The Morgan fingerprint density at radius 3 is 2.65 bits per heavy atom. The Bertz CT molecular complexity index is 381. The number of hydrogen-bond acceptors (Lipinski definition) is 3. The second kappa shape index (κ2) is 6.35. The lowest BCUT2D eigenvalue weighted by atomic mass is 10.1. The summed E-state index contributed by atoms with van der Waals surface area (Å²) in [5.74, 6) is -0.511. The number of rotatable bonds is 5. The van der Waals surface area contributed by atoms with E-state index < -0.39 is 0 Å². The average molecular weight is 239 g/mol. The molecule has 0 fully saturated rings. The molecule has 0 aliphatic carbocycles. The van der Waals surface area contributed by atoms with Gasteiger partial charge in [-0.1, -0.05) is 18.2 Å². The van der Waals surface area contributed by atoms with Crippen LogP contribution in [0.5, 0.6) is 0 Å². The molecule has 0 radical (unpaired) electrons. The third kappa shape index (κ3) is 4.15. The van der Waals surface area contributed by atoms with Crippen molar-refractivity contribution in [3.63, 3.8) is 0 Å². The smallest absolute Gasteiger partial charge is 0.307 e. The minimum Gasteiger partial charge on any atom is -0.469 e. The second-order valence-corrected chi connectivity index (χ2v) is 4.09. The molecule has 0 saturated heterocycles. The first-order valence-corrected chi connectivity index (χ1v) is 5.62. The molecule has 94 valence electrons. The van der Waals surface area contributed by atoms with Crippen LogP contribution in [0.2, 0.25) is 0 Å². The zero-order valence-corrected chi connectivity index (χ0v) is 10.4. The van der Waals surface area contributed by atoms with Crippen molar-refractivity contribution in [1.29, 1.82) is 0 Å². The lowest BCUT2D eigenvalue weighted by molar-refractivity contribution is -0.141. The van der Waals surface area contributed by atoms with Crippen LogP contribution in [0.3, 0.4) is 0 Å². The van der Waals surface area contributed by atoms with Gasteiger partial charge in [-0.25, -0.2) is 4.39 Å². The Morgan fingerprint density at radius 2 is 2.06 bits per heavy atom. The predicted molar refractivity (Wildman–Crippen MR) is 64.0 cm³/mol. The molecule has 0 spiro atoms. The van der Waals surface area contributed by atoms with E-state index in [1.54, 1.807) is 18.2 Å². The van der Waals surface area contributed by atoms with E-state index >= 15 is 0 Å². The number of esters is 1. The third-order valence-corrected chi connectivity index (χ3v) is 2.61. The van der Waals surface area contributed by atoms with Gasteiger partial charge in [0.2, 0.25) is 0 Å². The van der Waals surface area contributed by atoms with Gasteiger partial charge in [0.25, 0.3) is 0 Å². The number of carbonyl (C=O) groups is 1. The van der Waals surface area contributed by atoms with Crippen LogP contribution in [0, 0.1) is 5.82 Å². The Kier molecular flexibility index (Phi) is 5.10. The quantitative estimate of drug-likeness (QED) is 0.802. The summed E-state index contributed by atoms with van der Waals surface area (Å²) in [4.78, 5) is 11.1. The van der Waals surface area contributed by atoms with E-state index in [-0.39, 0.29) is 30.3 Å². The maximum absolute atomic E-state index is 13.5. The number of halogens is 1. The van der Waals surface area contributed by atoms with Crippen molar-refractivity contribution < 1.29 is 13.9 Å². The predicted octanol–water partition coefficient (Wildman–Crippen LogP) is 2.43. The van der Waals surface area contributed by atoms with Crippen LogP contribution in [0.4, 0.5) is 4.39 Å². The van der Waals surface area contributed by atoms with E-state index in [0.29, 0.717) is 5.56 Å². The lowest BCUT2D eigenvalue weighted by Crippen LogP contribution is -2.31. The van der Waals surface area contributed by atoms with Crippen molar-refractivity contribution in [3.05, 3.63) is 35.6 Å². The summed E-state index contributed by atoms with van der Waals surface area (Å²) in [5.41, 5.74) is 0.601. The summed E-state index contributed by atoms with van der Waals surface area (Å²) in [6.45, 7) is 3.74. The van der Waals surface area contributed by atoms with Gasteiger partial charge in [0.1, 0.15) is 5.82 Å². The molecule has 0 heterocycles. The van der Waals surface area contributed by atoms with Gasteiger partial charge in [0, 0.05) is 17.6 Å². The summed E-state index contributed by atoms with van der Waals surface area (Å²) in [6.07, 6.45) is 0.273. The van der Waals surface area contributed by atoms with Gasteiger partial charge in [-0.2, -0.15) is 0 Å². The number of carbonyl (C=O) groups excluding carboxylic acids is 1. The molecule has 1 N–H and O–H groups in total. The highest BCUT2D eigenvalue weighted by atomic mass is 19.1. The molecule has 17 heavy (non-hydrogen) atoms. The second-order valence-electron chi connectivity index (χ2n) is 4.09. The van der Waals surface area contributed by atoms with E-state index in [9.17, 15) is 9.18 Å². The molecule has 0 saturated carbocycles.